The van der Waals surface area contributed by atoms with Gasteiger partial charge in [-0.05, 0) is 62.2 Å². The molecule has 0 saturated heterocycles. The fraction of sp³-hybridized carbons (Fsp3) is 0.536. The summed E-state index contributed by atoms with van der Waals surface area (Å²) < 4.78 is 14.6. The average Bonchev–Trinajstić information content (AvgIpc) is 2.66. The van der Waals surface area contributed by atoms with Crippen molar-refractivity contribution in [2.45, 2.75) is 97.9 Å². The topological polar surface area (TPSA) is 20.3 Å². The van der Waals surface area contributed by atoms with Crippen LogP contribution in [0, 0.1) is 29.1 Å². The number of rotatable bonds is 7. The summed E-state index contributed by atoms with van der Waals surface area (Å²) in [6, 6.07) is 6.49. The van der Waals surface area contributed by atoms with Gasteiger partial charge in [0.05, 0.1) is 0 Å². The first-order valence-electron chi connectivity index (χ1n) is 11.7. The van der Waals surface area contributed by atoms with Gasteiger partial charge in [-0.1, -0.05) is 65.7 Å². The van der Waals surface area contributed by atoms with Crippen LogP contribution in [-0.4, -0.2) is 31.0 Å². The minimum absolute atomic E-state index is 0.0307. The molecular weight excluding hydrogens is 413 g/mol. The SMILES string of the molecule is CC(C)N(C(=O)/C=C(\C#CC#C[Si](C(C)C)(C(C)C)C(C)C)c1ccccc1F)C(C)C. The highest BCUT2D eigenvalue weighted by molar-refractivity contribution is 6.90. The summed E-state index contributed by atoms with van der Waals surface area (Å²) in [7, 11) is -1.90. The highest BCUT2D eigenvalue weighted by Crippen LogP contribution is 2.40. The van der Waals surface area contributed by atoms with E-state index >= 15 is 0 Å². The smallest absolute Gasteiger partial charge is 0.248 e. The molecule has 174 valence electrons. The lowest BCUT2D eigenvalue weighted by Crippen LogP contribution is -2.43. The van der Waals surface area contributed by atoms with Crippen LogP contribution < -0.4 is 0 Å². The Kier molecular flexibility index (Phi) is 10.5. The van der Waals surface area contributed by atoms with Gasteiger partial charge in [-0.3, -0.25) is 4.79 Å². The van der Waals surface area contributed by atoms with Gasteiger partial charge in [-0.2, -0.15) is 0 Å². The Labute approximate surface area is 196 Å². The molecule has 1 aromatic carbocycles. The zero-order chi connectivity index (χ0) is 24.6. The molecule has 0 aromatic heterocycles. The highest BCUT2D eigenvalue weighted by atomic mass is 28.3. The maximum absolute atomic E-state index is 14.6. The highest BCUT2D eigenvalue weighted by Gasteiger charge is 2.41. The number of nitrogens with zero attached hydrogens (tertiary/aromatic N) is 1. The summed E-state index contributed by atoms with van der Waals surface area (Å²) in [6.45, 7) is 21.4. The largest absolute Gasteiger partial charge is 0.334 e. The van der Waals surface area contributed by atoms with E-state index in [1.54, 1.807) is 23.1 Å². The van der Waals surface area contributed by atoms with Gasteiger partial charge in [0.1, 0.15) is 13.9 Å². The maximum Gasteiger partial charge on any atom is 0.248 e. The van der Waals surface area contributed by atoms with Crippen LogP contribution in [0.3, 0.4) is 0 Å². The normalized spacial score (nSPS) is 12.2. The van der Waals surface area contributed by atoms with Gasteiger partial charge in [-0.15, -0.1) is 5.54 Å². The molecule has 0 saturated carbocycles. The Balaban J connectivity index is 3.54. The Morgan fingerprint density at radius 1 is 0.875 bits per heavy atom. The second kappa shape index (κ2) is 12.1. The van der Waals surface area contributed by atoms with Crippen LogP contribution in [-0.2, 0) is 4.79 Å². The lowest BCUT2D eigenvalue weighted by molar-refractivity contribution is -0.129. The van der Waals surface area contributed by atoms with Gasteiger partial charge in [0.15, 0.2) is 0 Å². The summed E-state index contributed by atoms with van der Waals surface area (Å²) in [6.07, 6.45) is 1.45. The number of halogens is 1. The molecule has 0 unspecified atom stereocenters. The van der Waals surface area contributed by atoms with Crippen molar-refractivity contribution in [3.8, 4) is 23.3 Å². The minimum Gasteiger partial charge on any atom is -0.334 e. The van der Waals surface area contributed by atoms with E-state index in [2.05, 4.69) is 64.8 Å². The van der Waals surface area contributed by atoms with Gasteiger partial charge in [0.2, 0.25) is 5.91 Å². The third-order valence-electron chi connectivity index (χ3n) is 6.20. The van der Waals surface area contributed by atoms with Crippen LogP contribution in [0.4, 0.5) is 4.39 Å². The third-order valence-corrected chi connectivity index (χ3v) is 12.5. The monoisotopic (exact) mass is 453 g/mol. The van der Waals surface area contributed by atoms with E-state index in [0.29, 0.717) is 27.8 Å². The minimum atomic E-state index is -1.90. The van der Waals surface area contributed by atoms with Crippen molar-refractivity contribution >= 4 is 19.6 Å². The van der Waals surface area contributed by atoms with E-state index in [0.717, 1.165) is 0 Å². The molecule has 0 heterocycles. The van der Waals surface area contributed by atoms with Crippen molar-refractivity contribution in [3.05, 3.63) is 41.7 Å². The summed E-state index contributed by atoms with van der Waals surface area (Å²) >= 11 is 0. The third kappa shape index (κ3) is 6.60. The number of amides is 1. The molecule has 0 bridgehead atoms. The molecule has 0 atom stereocenters. The number of carbonyl (C=O) groups excluding carboxylic acids is 1. The van der Waals surface area contributed by atoms with Crippen molar-refractivity contribution in [1.29, 1.82) is 0 Å². The molecule has 2 nitrogen and oxygen atoms in total. The van der Waals surface area contributed by atoms with Crippen LogP contribution in [0.5, 0.6) is 0 Å². The van der Waals surface area contributed by atoms with E-state index in [9.17, 15) is 9.18 Å². The van der Waals surface area contributed by atoms with E-state index in [-0.39, 0.29) is 18.0 Å². The van der Waals surface area contributed by atoms with Gasteiger partial charge < -0.3 is 4.90 Å². The van der Waals surface area contributed by atoms with Crippen molar-refractivity contribution in [2.75, 3.05) is 0 Å². The predicted octanol–water partition coefficient (Wildman–Crippen LogP) is 7.08. The summed E-state index contributed by atoms with van der Waals surface area (Å²) in [5, 5.41) is 0. The van der Waals surface area contributed by atoms with E-state index in [1.165, 1.54) is 12.1 Å². The lowest BCUT2D eigenvalue weighted by atomic mass is 10.0. The van der Waals surface area contributed by atoms with Crippen LogP contribution in [0.1, 0.15) is 74.8 Å². The molecular formula is C28H40FNOSi. The molecule has 1 aromatic rings. The standard InChI is InChI=1S/C28H40FNOSi/c1-20(2)30(21(3)4)28(31)19-25(26-16-11-12-17-27(26)29)15-13-14-18-32(22(5)6,23(7)8)24(9)10/h11-12,16-17,19-24H,1-10H3/b25-19+. The number of benzene rings is 1. The lowest BCUT2D eigenvalue weighted by Gasteiger charge is -2.37. The first-order chi connectivity index (χ1) is 14.9. The number of allylic oxidation sites excluding steroid dienone is 1. The number of carbonyl (C=O) groups is 1. The van der Waals surface area contributed by atoms with Gasteiger partial charge >= 0.3 is 0 Å². The molecule has 32 heavy (non-hydrogen) atoms. The molecule has 0 radical (unpaired) electrons. The molecule has 0 N–H and O–H groups in total. The summed E-state index contributed by atoms with van der Waals surface area (Å²) in [5.74, 6) is 8.48. The Bertz CT molecular complexity index is 906. The van der Waals surface area contributed by atoms with Crippen molar-refractivity contribution in [3.63, 3.8) is 0 Å². The van der Waals surface area contributed by atoms with Crippen LogP contribution >= 0.6 is 0 Å². The van der Waals surface area contributed by atoms with Crippen LogP contribution in [0.2, 0.25) is 16.6 Å². The van der Waals surface area contributed by atoms with Gasteiger partial charge in [0, 0.05) is 29.3 Å². The zero-order valence-electron chi connectivity index (χ0n) is 21.5. The van der Waals surface area contributed by atoms with Crippen molar-refractivity contribution in [1.82, 2.24) is 4.90 Å². The van der Waals surface area contributed by atoms with E-state index in [1.807, 2.05) is 27.7 Å². The quantitative estimate of drug-likeness (QED) is 0.245. The fourth-order valence-corrected chi connectivity index (χ4v) is 9.98. The Hall–Kier alpha value is -2.30. The van der Waals surface area contributed by atoms with E-state index < -0.39 is 13.9 Å². The summed E-state index contributed by atoms with van der Waals surface area (Å²) in [4.78, 5) is 14.8. The molecule has 0 fully saturated rings. The second-order valence-electron chi connectivity index (χ2n) is 9.87. The molecule has 1 amide bonds. The Morgan fingerprint density at radius 3 is 1.81 bits per heavy atom. The second-order valence-corrected chi connectivity index (χ2v) is 15.4. The van der Waals surface area contributed by atoms with Gasteiger partial charge in [0.25, 0.3) is 0 Å². The fourth-order valence-electron chi connectivity index (χ4n) is 4.84. The van der Waals surface area contributed by atoms with Crippen molar-refractivity contribution in [2.24, 2.45) is 0 Å². The van der Waals surface area contributed by atoms with Crippen LogP contribution in [0.15, 0.2) is 30.3 Å². The predicted molar refractivity (Wildman–Crippen MR) is 138 cm³/mol. The zero-order valence-corrected chi connectivity index (χ0v) is 22.5. The average molecular weight is 454 g/mol. The van der Waals surface area contributed by atoms with Gasteiger partial charge in [-0.25, -0.2) is 4.39 Å². The van der Waals surface area contributed by atoms with E-state index in [4.69, 9.17) is 0 Å². The number of hydrogen-bond donors (Lipinski definition) is 0. The molecule has 4 heteroatoms. The van der Waals surface area contributed by atoms with Crippen LogP contribution in [0.25, 0.3) is 5.57 Å². The first kappa shape index (κ1) is 27.7. The Morgan fingerprint density at radius 2 is 1.38 bits per heavy atom. The first-order valence-corrected chi connectivity index (χ1v) is 13.9. The molecule has 0 aliphatic heterocycles. The maximum atomic E-state index is 14.6. The molecule has 0 spiro atoms. The molecule has 1 rings (SSSR count). The number of hydrogen-bond acceptors (Lipinski definition) is 1. The molecule has 0 aliphatic carbocycles. The van der Waals surface area contributed by atoms with Crippen molar-refractivity contribution < 1.29 is 9.18 Å². The summed E-state index contributed by atoms with van der Waals surface area (Å²) in [5.41, 5.74) is 5.76. The molecule has 0 aliphatic rings.